The first-order chi connectivity index (χ1) is 9.06. The van der Waals surface area contributed by atoms with Gasteiger partial charge in [-0.15, -0.1) is 0 Å². The van der Waals surface area contributed by atoms with Crippen LogP contribution in [0.3, 0.4) is 0 Å². The summed E-state index contributed by atoms with van der Waals surface area (Å²) >= 11 is 9.35. The number of aliphatic hydroxyl groups excluding tert-OH is 1. The number of carbonyl (C=O) groups excluding carboxylic acids is 1. The molecule has 104 valence electrons. The molecule has 0 atom stereocenters. The molecule has 19 heavy (non-hydrogen) atoms. The van der Waals surface area contributed by atoms with E-state index < -0.39 is 0 Å². The number of halogens is 2. The smallest absolute Gasteiger partial charge is 0.252 e. The van der Waals surface area contributed by atoms with E-state index in [4.69, 9.17) is 11.6 Å². The molecule has 0 saturated heterocycles. The summed E-state index contributed by atoms with van der Waals surface area (Å²) in [5.74, 6) is 0.324. The van der Waals surface area contributed by atoms with E-state index in [1.165, 1.54) is 0 Å². The highest BCUT2D eigenvalue weighted by atomic mass is 79.9. The second-order valence-corrected chi connectivity index (χ2v) is 6.33. The Balaban J connectivity index is 1.87. The zero-order chi connectivity index (χ0) is 13.8. The van der Waals surface area contributed by atoms with Crippen molar-refractivity contribution in [3.63, 3.8) is 0 Å². The van der Waals surface area contributed by atoms with Crippen LogP contribution in [0.15, 0.2) is 22.7 Å². The molecule has 0 unspecified atom stereocenters. The van der Waals surface area contributed by atoms with Gasteiger partial charge in [-0.05, 0) is 49.8 Å². The Morgan fingerprint density at radius 1 is 1.37 bits per heavy atom. The van der Waals surface area contributed by atoms with Crippen LogP contribution in [0.2, 0.25) is 5.02 Å². The van der Waals surface area contributed by atoms with Crippen LogP contribution in [0.1, 0.15) is 36.0 Å². The molecule has 3 nitrogen and oxygen atoms in total. The predicted octanol–water partition coefficient (Wildman–Crippen LogP) is 3.38. The lowest BCUT2D eigenvalue weighted by Gasteiger charge is -2.25. The molecule has 0 heterocycles. The van der Waals surface area contributed by atoms with Gasteiger partial charge in [0.05, 0.1) is 16.7 Å². The maximum absolute atomic E-state index is 12.0. The van der Waals surface area contributed by atoms with E-state index in [0.717, 1.165) is 30.2 Å². The summed E-state index contributed by atoms with van der Waals surface area (Å²) in [7, 11) is 0. The van der Waals surface area contributed by atoms with E-state index in [1.54, 1.807) is 18.2 Å². The van der Waals surface area contributed by atoms with E-state index in [9.17, 15) is 9.90 Å². The molecule has 1 aliphatic carbocycles. The Morgan fingerprint density at radius 3 is 2.68 bits per heavy atom. The average molecular weight is 347 g/mol. The largest absolute Gasteiger partial charge is 0.393 e. The fraction of sp³-hybridized carbons (Fsp3) is 0.500. The van der Waals surface area contributed by atoms with Gasteiger partial charge in [-0.3, -0.25) is 4.79 Å². The number of hydrogen-bond donors (Lipinski definition) is 2. The minimum absolute atomic E-state index is 0.136. The Labute approximate surface area is 126 Å². The SMILES string of the molecule is O=C(NCC1CCC(O)CC1)c1ccc(Br)cc1Cl. The van der Waals surface area contributed by atoms with E-state index in [0.29, 0.717) is 23.0 Å². The molecule has 0 radical (unpaired) electrons. The Hall–Kier alpha value is -0.580. The molecule has 1 fully saturated rings. The van der Waals surface area contributed by atoms with Gasteiger partial charge in [0.25, 0.3) is 5.91 Å². The van der Waals surface area contributed by atoms with E-state index >= 15 is 0 Å². The molecule has 0 bridgehead atoms. The van der Waals surface area contributed by atoms with Crippen molar-refractivity contribution in [2.75, 3.05) is 6.54 Å². The van der Waals surface area contributed by atoms with E-state index in [2.05, 4.69) is 21.2 Å². The quantitative estimate of drug-likeness (QED) is 0.881. The van der Waals surface area contributed by atoms with Gasteiger partial charge in [0.2, 0.25) is 0 Å². The molecule has 1 aromatic rings. The van der Waals surface area contributed by atoms with Crippen molar-refractivity contribution in [3.8, 4) is 0 Å². The van der Waals surface area contributed by atoms with Crippen LogP contribution in [0.25, 0.3) is 0 Å². The van der Waals surface area contributed by atoms with Crippen LogP contribution in [0.5, 0.6) is 0 Å². The highest BCUT2D eigenvalue weighted by Crippen LogP contribution is 2.24. The molecule has 0 aromatic heterocycles. The van der Waals surface area contributed by atoms with Gasteiger partial charge in [0.1, 0.15) is 0 Å². The Kier molecular flexibility index (Phi) is 5.25. The number of rotatable bonds is 3. The number of benzene rings is 1. The van der Waals surface area contributed by atoms with Gasteiger partial charge in [-0.1, -0.05) is 27.5 Å². The van der Waals surface area contributed by atoms with E-state index in [-0.39, 0.29) is 12.0 Å². The van der Waals surface area contributed by atoms with Crippen LogP contribution < -0.4 is 5.32 Å². The third-order valence-corrected chi connectivity index (χ3v) is 4.35. The molecule has 1 aromatic carbocycles. The van der Waals surface area contributed by atoms with Crippen molar-refractivity contribution in [2.45, 2.75) is 31.8 Å². The third kappa shape index (κ3) is 4.20. The van der Waals surface area contributed by atoms with Gasteiger partial charge in [-0.2, -0.15) is 0 Å². The lowest BCUT2D eigenvalue weighted by molar-refractivity contribution is 0.0910. The minimum Gasteiger partial charge on any atom is -0.393 e. The highest BCUT2D eigenvalue weighted by molar-refractivity contribution is 9.10. The van der Waals surface area contributed by atoms with E-state index in [1.807, 2.05) is 0 Å². The first-order valence-corrected chi connectivity index (χ1v) is 7.64. The molecule has 0 aliphatic heterocycles. The maximum Gasteiger partial charge on any atom is 0.252 e. The molecule has 5 heteroatoms. The third-order valence-electron chi connectivity index (χ3n) is 3.54. The monoisotopic (exact) mass is 345 g/mol. The molecule has 1 amide bonds. The summed E-state index contributed by atoms with van der Waals surface area (Å²) in [6.45, 7) is 0.651. The predicted molar refractivity (Wildman–Crippen MR) is 79.5 cm³/mol. The number of hydrogen-bond acceptors (Lipinski definition) is 2. The summed E-state index contributed by atoms with van der Waals surface area (Å²) < 4.78 is 0.857. The average Bonchev–Trinajstić information content (AvgIpc) is 2.37. The van der Waals surface area contributed by atoms with Crippen LogP contribution >= 0.6 is 27.5 Å². The number of amides is 1. The highest BCUT2D eigenvalue weighted by Gasteiger charge is 2.20. The van der Waals surface area contributed by atoms with Crippen LogP contribution in [0.4, 0.5) is 0 Å². The minimum atomic E-state index is -0.159. The van der Waals surface area contributed by atoms with Crippen LogP contribution in [-0.2, 0) is 0 Å². The fourth-order valence-corrected chi connectivity index (χ4v) is 3.11. The molecular weight excluding hydrogens is 330 g/mol. The molecular formula is C14H17BrClNO2. The van der Waals surface area contributed by atoms with Crippen molar-refractivity contribution in [1.29, 1.82) is 0 Å². The van der Waals surface area contributed by atoms with Crippen molar-refractivity contribution < 1.29 is 9.90 Å². The summed E-state index contributed by atoms with van der Waals surface area (Å²) in [5.41, 5.74) is 0.501. The van der Waals surface area contributed by atoms with Gasteiger partial charge in [-0.25, -0.2) is 0 Å². The van der Waals surface area contributed by atoms with Crippen LogP contribution in [0, 0.1) is 5.92 Å². The van der Waals surface area contributed by atoms with Gasteiger partial charge in [0.15, 0.2) is 0 Å². The number of aliphatic hydroxyl groups is 1. The molecule has 1 saturated carbocycles. The Bertz CT molecular complexity index is 459. The topological polar surface area (TPSA) is 49.3 Å². The first kappa shape index (κ1) is 14.8. The van der Waals surface area contributed by atoms with Crippen molar-refractivity contribution >= 4 is 33.4 Å². The summed E-state index contributed by atoms with van der Waals surface area (Å²) in [6.07, 6.45) is 3.44. The maximum atomic E-state index is 12.0. The molecule has 0 spiro atoms. The number of carbonyl (C=O) groups is 1. The lowest BCUT2D eigenvalue weighted by Crippen LogP contribution is -2.32. The molecule has 2 N–H and O–H groups in total. The normalized spacial score (nSPS) is 23.1. The summed E-state index contributed by atoms with van der Waals surface area (Å²) in [4.78, 5) is 12.0. The Morgan fingerprint density at radius 2 is 2.05 bits per heavy atom. The van der Waals surface area contributed by atoms with Crippen molar-refractivity contribution in [1.82, 2.24) is 5.32 Å². The fourth-order valence-electron chi connectivity index (χ4n) is 2.35. The zero-order valence-electron chi connectivity index (χ0n) is 10.5. The molecule has 2 rings (SSSR count). The standard InChI is InChI=1S/C14H17BrClNO2/c15-10-3-6-12(13(16)7-10)14(19)17-8-9-1-4-11(18)5-2-9/h3,6-7,9,11,18H,1-2,4-5,8H2,(H,17,19). The van der Waals surface area contributed by atoms with Crippen molar-refractivity contribution in [2.24, 2.45) is 5.92 Å². The van der Waals surface area contributed by atoms with Gasteiger partial charge in [0, 0.05) is 11.0 Å². The van der Waals surface area contributed by atoms with Gasteiger partial charge < -0.3 is 10.4 Å². The molecule has 1 aliphatic rings. The second kappa shape index (κ2) is 6.73. The van der Waals surface area contributed by atoms with Crippen LogP contribution in [-0.4, -0.2) is 23.7 Å². The lowest BCUT2D eigenvalue weighted by atomic mass is 9.87. The first-order valence-electron chi connectivity index (χ1n) is 6.47. The zero-order valence-corrected chi connectivity index (χ0v) is 12.9. The number of nitrogens with one attached hydrogen (secondary N) is 1. The van der Waals surface area contributed by atoms with Crippen molar-refractivity contribution in [3.05, 3.63) is 33.3 Å². The second-order valence-electron chi connectivity index (χ2n) is 5.01. The summed E-state index contributed by atoms with van der Waals surface area (Å²) in [5, 5.41) is 12.8. The summed E-state index contributed by atoms with van der Waals surface area (Å²) in [6, 6.07) is 5.23. The van der Waals surface area contributed by atoms with Gasteiger partial charge >= 0.3 is 0 Å².